The Morgan fingerprint density at radius 2 is 1.14 bits per heavy atom. The van der Waals surface area contributed by atoms with Gasteiger partial charge in [0.1, 0.15) is 0 Å². The molecule has 0 saturated carbocycles. The molecule has 1 aliphatic rings. The van der Waals surface area contributed by atoms with Crippen molar-refractivity contribution in [1.82, 2.24) is 0 Å². The molecule has 0 bridgehead atoms. The zero-order chi connectivity index (χ0) is 15.3. The maximum Gasteiger partial charge on any atom is 0.0841 e. The van der Waals surface area contributed by atoms with E-state index < -0.39 is 0 Å². The van der Waals surface area contributed by atoms with Crippen LogP contribution in [0.15, 0.2) is 0 Å². The molecule has 2 atom stereocenters. The molecule has 0 N–H and O–H groups in total. The van der Waals surface area contributed by atoms with E-state index in [2.05, 4.69) is 20.8 Å². The molecule has 126 valence electrons. The highest BCUT2D eigenvalue weighted by molar-refractivity contribution is 4.84. The van der Waals surface area contributed by atoms with Gasteiger partial charge in [0.2, 0.25) is 0 Å². The van der Waals surface area contributed by atoms with E-state index in [1.165, 1.54) is 89.9 Å². The summed E-state index contributed by atoms with van der Waals surface area (Å²) >= 11 is 0. The molecule has 1 aliphatic heterocycles. The van der Waals surface area contributed by atoms with E-state index in [0.29, 0.717) is 12.2 Å². The van der Waals surface area contributed by atoms with Crippen LogP contribution in [0.3, 0.4) is 0 Å². The maximum atomic E-state index is 5.80. The first kappa shape index (κ1) is 19.0. The maximum absolute atomic E-state index is 5.80. The smallest absolute Gasteiger partial charge is 0.0841 e. The lowest BCUT2D eigenvalue weighted by Crippen LogP contribution is -1.95. The van der Waals surface area contributed by atoms with E-state index in [1.54, 1.807) is 0 Å². The van der Waals surface area contributed by atoms with Crippen molar-refractivity contribution in [1.29, 1.82) is 0 Å². The fourth-order valence-electron chi connectivity index (χ4n) is 3.24. The summed E-state index contributed by atoms with van der Waals surface area (Å²) in [4.78, 5) is 0. The second-order valence-corrected chi connectivity index (χ2v) is 7.51. The van der Waals surface area contributed by atoms with Crippen LogP contribution in [0.4, 0.5) is 0 Å². The molecule has 1 rings (SSSR count). The Morgan fingerprint density at radius 1 is 0.667 bits per heavy atom. The van der Waals surface area contributed by atoms with Crippen molar-refractivity contribution in [3.63, 3.8) is 0 Å². The molecule has 0 aliphatic carbocycles. The fraction of sp³-hybridized carbons (Fsp3) is 1.00. The summed E-state index contributed by atoms with van der Waals surface area (Å²) in [6.07, 6.45) is 20.9. The summed E-state index contributed by atoms with van der Waals surface area (Å²) in [5.41, 5.74) is 0. The minimum absolute atomic E-state index is 0.631. The van der Waals surface area contributed by atoms with Gasteiger partial charge in [0.05, 0.1) is 12.2 Å². The van der Waals surface area contributed by atoms with Gasteiger partial charge in [-0.3, -0.25) is 0 Å². The third kappa shape index (κ3) is 11.2. The second kappa shape index (κ2) is 12.5. The molecule has 1 heterocycles. The van der Waals surface area contributed by atoms with Crippen LogP contribution in [0, 0.1) is 5.92 Å². The normalized spacial score (nSPS) is 21.1. The van der Waals surface area contributed by atoms with Crippen molar-refractivity contribution in [2.45, 2.75) is 123 Å². The molecule has 0 spiro atoms. The van der Waals surface area contributed by atoms with Gasteiger partial charge in [-0.25, -0.2) is 0 Å². The van der Waals surface area contributed by atoms with Gasteiger partial charge in [0.15, 0.2) is 0 Å². The quantitative estimate of drug-likeness (QED) is 0.237. The van der Waals surface area contributed by atoms with Gasteiger partial charge in [-0.05, 0) is 18.8 Å². The van der Waals surface area contributed by atoms with Crippen molar-refractivity contribution in [3.8, 4) is 0 Å². The Hall–Kier alpha value is -0.0400. The monoisotopic (exact) mass is 296 g/mol. The molecule has 21 heavy (non-hydrogen) atoms. The van der Waals surface area contributed by atoms with Gasteiger partial charge in [0, 0.05) is 0 Å². The number of rotatable bonds is 15. The first-order valence-electron chi connectivity index (χ1n) is 9.89. The summed E-state index contributed by atoms with van der Waals surface area (Å²) in [6, 6.07) is 0. The van der Waals surface area contributed by atoms with Crippen LogP contribution in [-0.4, -0.2) is 12.2 Å². The second-order valence-electron chi connectivity index (χ2n) is 7.51. The van der Waals surface area contributed by atoms with Gasteiger partial charge < -0.3 is 4.74 Å². The predicted octanol–water partition coefficient (Wildman–Crippen LogP) is 6.89. The molecule has 1 fully saturated rings. The van der Waals surface area contributed by atoms with Crippen molar-refractivity contribution < 1.29 is 4.74 Å². The predicted molar refractivity (Wildman–Crippen MR) is 93.8 cm³/mol. The number of epoxide rings is 1. The molecule has 0 aromatic carbocycles. The Balaban J connectivity index is 1.75. The highest BCUT2D eigenvalue weighted by Gasteiger charge is 2.36. The number of hydrogen-bond acceptors (Lipinski definition) is 1. The molecular formula is C20H40O. The summed E-state index contributed by atoms with van der Waals surface area (Å²) in [7, 11) is 0. The van der Waals surface area contributed by atoms with Crippen molar-refractivity contribution >= 4 is 0 Å². The third-order valence-electron chi connectivity index (χ3n) is 4.80. The van der Waals surface area contributed by atoms with Crippen LogP contribution in [0.25, 0.3) is 0 Å². The zero-order valence-corrected chi connectivity index (χ0v) is 15.0. The van der Waals surface area contributed by atoms with Crippen LogP contribution < -0.4 is 0 Å². The summed E-state index contributed by atoms with van der Waals surface area (Å²) in [5, 5.41) is 0. The molecule has 1 heteroatoms. The van der Waals surface area contributed by atoms with Gasteiger partial charge in [-0.2, -0.15) is 0 Å². The van der Waals surface area contributed by atoms with Gasteiger partial charge >= 0.3 is 0 Å². The van der Waals surface area contributed by atoms with E-state index in [-0.39, 0.29) is 0 Å². The topological polar surface area (TPSA) is 12.5 Å². The van der Waals surface area contributed by atoms with E-state index in [9.17, 15) is 0 Å². The van der Waals surface area contributed by atoms with E-state index in [1.807, 2.05) is 0 Å². The van der Waals surface area contributed by atoms with Crippen molar-refractivity contribution in [2.24, 2.45) is 5.92 Å². The molecule has 0 aromatic heterocycles. The van der Waals surface area contributed by atoms with Crippen LogP contribution >= 0.6 is 0 Å². The van der Waals surface area contributed by atoms with E-state index in [0.717, 1.165) is 5.92 Å². The minimum Gasteiger partial charge on any atom is -0.370 e. The summed E-state index contributed by atoms with van der Waals surface area (Å²) in [6.45, 7) is 6.93. The largest absolute Gasteiger partial charge is 0.370 e. The third-order valence-corrected chi connectivity index (χ3v) is 4.80. The SMILES string of the molecule is CCCCCCCCCCC[C@H]1O[C@H]1CCCCC(C)C. The first-order valence-corrected chi connectivity index (χ1v) is 9.89. The molecule has 0 radical (unpaired) electrons. The van der Waals surface area contributed by atoms with Gasteiger partial charge in [0.25, 0.3) is 0 Å². The molecular weight excluding hydrogens is 256 g/mol. The number of hydrogen-bond donors (Lipinski definition) is 0. The van der Waals surface area contributed by atoms with E-state index in [4.69, 9.17) is 4.74 Å². The number of ether oxygens (including phenoxy) is 1. The van der Waals surface area contributed by atoms with E-state index >= 15 is 0 Å². The minimum atomic E-state index is 0.631. The zero-order valence-electron chi connectivity index (χ0n) is 15.0. The standard InChI is InChI=1S/C20H40O/c1-4-5-6-7-8-9-10-11-12-16-19-20(21-19)17-14-13-15-18(2)3/h18-20H,4-17H2,1-3H3/t19-,20+/m1/s1. The van der Waals surface area contributed by atoms with Crippen molar-refractivity contribution in [3.05, 3.63) is 0 Å². The van der Waals surface area contributed by atoms with Crippen LogP contribution in [0.1, 0.15) is 111 Å². The summed E-state index contributed by atoms with van der Waals surface area (Å²) in [5.74, 6) is 0.864. The lowest BCUT2D eigenvalue weighted by atomic mass is 10.0. The lowest BCUT2D eigenvalue weighted by molar-refractivity contribution is 0.346. The molecule has 0 aromatic rings. The average molecular weight is 297 g/mol. The molecule has 1 saturated heterocycles. The number of unbranched alkanes of at least 4 members (excludes halogenated alkanes) is 9. The molecule has 0 unspecified atom stereocenters. The van der Waals surface area contributed by atoms with Crippen LogP contribution in [-0.2, 0) is 4.74 Å². The Labute approximate surface area is 134 Å². The highest BCUT2D eigenvalue weighted by atomic mass is 16.6. The van der Waals surface area contributed by atoms with Crippen LogP contribution in [0.2, 0.25) is 0 Å². The molecule has 1 nitrogen and oxygen atoms in total. The van der Waals surface area contributed by atoms with Crippen molar-refractivity contribution in [2.75, 3.05) is 0 Å². The first-order chi connectivity index (χ1) is 10.2. The average Bonchev–Trinajstić information content (AvgIpc) is 3.20. The van der Waals surface area contributed by atoms with Gasteiger partial charge in [-0.15, -0.1) is 0 Å². The van der Waals surface area contributed by atoms with Crippen LogP contribution in [0.5, 0.6) is 0 Å². The Bertz CT molecular complexity index is 224. The fourth-order valence-corrected chi connectivity index (χ4v) is 3.24. The summed E-state index contributed by atoms with van der Waals surface area (Å²) < 4.78 is 5.80. The van der Waals surface area contributed by atoms with Gasteiger partial charge in [-0.1, -0.05) is 97.8 Å². The highest BCUT2D eigenvalue weighted by Crippen LogP contribution is 2.31. The Morgan fingerprint density at radius 3 is 1.67 bits per heavy atom. The molecule has 0 amide bonds. The Kier molecular flexibility index (Phi) is 11.3. The lowest BCUT2D eigenvalue weighted by Gasteiger charge is -2.02.